The number of rotatable bonds is 4. The number of sulfonamides is 1. The average Bonchev–Trinajstić information content (AvgIpc) is 3.07. The zero-order valence-corrected chi connectivity index (χ0v) is 14.1. The van der Waals surface area contributed by atoms with E-state index < -0.39 is 20.7 Å². The number of anilines is 1. The fraction of sp³-hybridized carbons (Fsp3) is 0.0714. The molecule has 0 spiro atoms. The third-order valence-electron chi connectivity index (χ3n) is 2.95. The van der Waals surface area contributed by atoms with Crippen LogP contribution in [0.15, 0.2) is 45.8 Å². The lowest BCUT2D eigenvalue weighted by atomic mass is 10.2. The number of hydrogen-bond donors (Lipinski definition) is 1. The molecule has 23 heavy (non-hydrogen) atoms. The Morgan fingerprint density at radius 1 is 1.26 bits per heavy atom. The standard InChI is InChI=1S/C14H10ClFN2O3S2/c1-8-6-14(17-21-8)18-23(19,20)12-4-2-9(7-10(12)16)11-3-5-13(15)22-11/h2-7H,1H3,(H,17,18). The van der Waals surface area contributed by atoms with Crippen LogP contribution in [0.4, 0.5) is 10.2 Å². The van der Waals surface area contributed by atoms with E-state index >= 15 is 0 Å². The summed E-state index contributed by atoms with van der Waals surface area (Å²) in [5.74, 6) is -0.427. The lowest BCUT2D eigenvalue weighted by Crippen LogP contribution is -2.14. The first-order valence-electron chi connectivity index (χ1n) is 6.36. The maximum Gasteiger partial charge on any atom is 0.266 e. The van der Waals surface area contributed by atoms with Crippen LogP contribution in [0.1, 0.15) is 5.76 Å². The summed E-state index contributed by atoms with van der Waals surface area (Å²) in [6, 6.07) is 8.72. The summed E-state index contributed by atoms with van der Waals surface area (Å²) in [6.45, 7) is 1.62. The van der Waals surface area contributed by atoms with Crippen molar-refractivity contribution in [2.24, 2.45) is 0 Å². The zero-order valence-electron chi connectivity index (χ0n) is 11.7. The Bertz CT molecular complexity index is 966. The van der Waals surface area contributed by atoms with Crippen LogP contribution in [0.25, 0.3) is 10.4 Å². The topological polar surface area (TPSA) is 72.2 Å². The molecule has 3 rings (SSSR count). The number of nitrogens with zero attached hydrogens (tertiary/aromatic N) is 1. The van der Waals surface area contributed by atoms with Gasteiger partial charge in [0, 0.05) is 10.9 Å². The third kappa shape index (κ3) is 3.39. The fourth-order valence-corrected chi connectivity index (χ4v) is 4.03. The van der Waals surface area contributed by atoms with Crippen LogP contribution in [0.2, 0.25) is 4.34 Å². The number of aryl methyl sites for hydroxylation is 1. The van der Waals surface area contributed by atoms with Crippen LogP contribution >= 0.6 is 22.9 Å². The van der Waals surface area contributed by atoms with Gasteiger partial charge in [-0.1, -0.05) is 22.8 Å². The molecular weight excluding hydrogens is 363 g/mol. The molecule has 0 radical (unpaired) electrons. The highest BCUT2D eigenvalue weighted by atomic mass is 35.5. The second kappa shape index (κ2) is 5.95. The van der Waals surface area contributed by atoms with Crippen molar-refractivity contribution < 1.29 is 17.3 Å². The Kier molecular flexibility index (Phi) is 4.13. The Morgan fingerprint density at radius 3 is 2.61 bits per heavy atom. The Morgan fingerprint density at radius 2 is 2.04 bits per heavy atom. The first-order valence-corrected chi connectivity index (χ1v) is 9.04. The highest BCUT2D eigenvalue weighted by molar-refractivity contribution is 7.92. The van der Waals surface area contributed by atoms with Crippen LogP contribution in [0.3, 0.4) is 0 Å². The van der Waals surface area contributed by atoms with Gasteiger partial charge in [-0.15, -0.1) is 11.3 Å². The molecular formula is C14H10ClFN2O3S2. The van der Waals surface area contributed by atoms with Crippen molar-refractivity contribution in [1.29, 1.82) is 0 Å². The Balaban J connectivity index is 1.93. The van der Waals surface area contributed by atoms with Crippen molar-refractivity contribution in [1.82, 2.24) is 5.16 Å². The van der Waals surface area contributed by atoms with Crippen LogP contribution in [0, 0.1) is 12.7 Å². The van der Waals surface area contributed by atoms with E-state index in [0.717, 1.165) is 10.9 Å². The van der Waals surface area contributed by atoms with Gasteiger partial charge in [-0.05, 0) is 36.8 Å². The molecule has 0 atom stereocenters. The first kappa shape index (κ1) is 16.0. The Labute approximate surface area is 140 Å². The van der Waals surface area contributed by atoms with Crippen LogP contribution in [0.5, 0.6) is 0 Å². The van der Waals surface area contributed by atoms with Crippen LogP contribution < -0.4 is 4.72 Å². The van der Waals surface area contributed by atoms with Crippen molar-refractivity contribution in [3.8, 4) is 10.4 Å². The monoisotopic (exact) mass is 372 g/mol. The maximum atomic E-state index is 14.3. The molecule has 0 aliphatic carbocycles. The van der Waals surface area contributed by atoms with Gasteiger partial charge in [0.2, 0.25) is 0 Å². The summed E-state index contributed by atoms with van der Waals surface area (Å²) in [7, 11) is -4.09. The SMILES string of the molecule is Cc1cc(NS(=O)(=O)c2ccc(-c3ccc(Cl)s3)cc2F)no1. The van der Waals surface area contributed by atoms with Gasteiger partial charge in [-0.3, -0.25) is 4.72 Å². The smallest absolute Gasteiger partial charge is 0.266 e. The van der Waals surface area contributed by atoms with E-state index in [9.17, 15) is 12.8 Å². The lowest BCUT2D eigenvalue weighted by Gasteiger charge is -2.07. The maximum absolute atomic E-state index is 14.3. The van der Waals surface area contributed by atoms with Gasteiger partial charge in [-0.2, -0.15) is 0 Å². The molecule has 9 heteroatoms. The highest BCUT2D eigenvalue weighted by Crippen LogP contribution is 2.32. The lowest BCUT2D eigenvalue weighted by molar-refractivity contribution is 0.400. The van der Waals surface area contributed by atoms with Crippen molar-refractivity contribution in [2.45, 2.75) is 11.8 Å². The summed E-state index contributed by atoms with van der Waals surface area (Å²) in [6.07, 6.45) is 0. The van der Waals surface area contributed by atoms with Crippen molar-refractivity contribution in [2.75, 3.05) is 4.72 Å². The molecule has 0 fully saturated rings. The molecule has 120 valence electrons. The number of nitrogens with one attached hydrogen (secondary N) is 1. The second-order valence-electron chi connectivity index (χ2n) is 4.68. The van der Waals surface area contributed by atoms with Crippen molar-refractivity contribution in [3.63, 3.8) is 0 Å². The summed E-state index contributed by atoms with van der Waals surface area (Å²) in [5.41, 5.74) is 0.552. The first-order chi connectivity index (χ1) is 10.8. The molecule has 0 amide bonds. The molecule has 0 aliphatic rings. The molecule has 0 saturated heterocycles. The average molecular weight is 373 g/mol. The number of hydrogen-bond acceptors (Lipinski definition) is 5. The molecule has 2 heterocycles. The third-order valence-corrected chi connectivity index (χ3v) is 5.61. The predicted molar refractivity (Wildman–Crippen MR) is 86.8 cm³/mol. The molecule has 5 nitrogen and oxygen atoms in total. The highest BCUT2D eigenvalue weighted by Gasteiger charge is 2.21. The molecule has 0 unspecified atom stereocenters. The molecule has 1 aromatic carbocycles. The van der Waals surface area contributed by atoms with Gasteiger partial charge in [0.1, 0.15) is 16.5 Å². The number of halogens is 2. The Hall–Kier alpha value is -1.90. The van der Waals surface area contributed by atoms with Gasteiger partial charge < -0.3 is 4.52 Å². The van der Waals surface area contributed by atoms with Crippen LogP contribution in [-0.4, -0.2) is 13.6 Å². The van der Waals surface area contributed by atoms with Gasteiger partial charge in [0.25, 0.3) is 10.0 Å². The van der Waals surface area contributed by atoms with Gasteiger partial charge in [0.15, 0.2) is 5.82 Å². The fourth-order valence-electron chi connectivity index (χ4n) is 1.95. The quantitative estimate of drug-likeness (QED) is 0.740. The van der Waals surface area contributed by atoms with Gasteiger partial charge >= 0.3 is 0 Å². The van der Waals surface area contributed by atoms with Gasteiger partial charge in [-0.25, -0.2) is 12.8 Å². The molecule has 0 aliphatic heterocycles. The summed E-state index contributed by atoms with van der Waals surface area (Å²) in [4.78, 5) is 0.280. The minimum absolute atomic E-state index is 0.00369. The van der Waals surface area contributed by atoms with E-state index in [-0.39, 0.29) is 5.82 Å². The van der Waals surface area contributed by atoms with Crippen molar-refractivity contribution in [3.05, 3.63) is 52.3 Å². The molecule has 3 aromatic rings. The van der Waals surface area contributed by atoms with E-state index in [2.05, 4.69) is 9.88 Å². The minimum atomic E-state index is -4.09. The zero-order chi connectivity index (χ0) is 16.6. The molecule has 0 bridgehead atoms. The summed E-state index contributed by atoms with van der Waals surface area (Å²) >= 11 is 7.13. The summed E-state index contributed by atoms with van der Waals surface area (Å²) < 4.78 is 46.2. The van der Waals surface area contributed by atoms with E-state index in [1.54, 1.807) is 19.1 Å². The summed E-state index contributed by atoms with van der Waals surface area (Å²) in [5, 5.41) is 3.52. The van der Waals surface area contributed by atoms with Crippen molar-refractivity contribution >= 4 is 38.8 Å². The largest absolute Gasteiger partial charge is 0.360 e. The van der Waals surface area contributed by atoms with E-state index in [0.29, 0.717) is 15.7 Å². The van der Waals surface area contributed by atoms with E-state index in [1.165, 1.54) is 29.5 Å². The number of thiophene rings is 1. The minimum Gasteiger partial charge on any atom is -0.360 e. The molecule has 1 N–H and O–H groups in total. The molecule has 0 saturated carbocycles. The number of aromatic nitrogens is 1. The van der Waals surface area contributed by atoms with Gasteiger partial charge in [0.05, 0.1) is 4.34 Å². The second-order valence-corrected chi connectivity index (χ2v) is 8.04. The normalized spacial score (nSPS) is 11.6. The molecule has 2 aromatic heterocycles. The van der Waals surface area contributed by atoms with E-state index in [1.807, 2.05) is 0 Å². The number of benzene rings is 1. The van der Waals surface area contributed by atoms with E-state index in [4.69, 9.17) is 16.1 Å². The predicted octanol–water partition coefficient (Wildman–Crippen LogP) is 4.30. The van der Waals surface area contributed by atoms with Crippen LogP contribution in [-0.2, 0) is 10.0 Å².